The summed E-state index contributed by atoms with van der Waals surface area (Å²) in [5.74, 6) is -2.10. The topological polar surface area (TPSA) is 130 Å². The lowest BCUT2D eigenvalue weighted by Crippen LogP contribution is -2.63. The highest BCUT2D eigenvalue weighted by Gasteiger charge is 2.53. The number of aliphatic hydroxyl groups excluding tert-OH is 1. The number of benzene rings is 1. The first-order valence-electron chi connectivity index (χ1n) is 11.2. The SMILES string of the molecule is CO[C@H]1O[C@H](CO)[C@H](OC(=O)Nc2ccccc2)[C@@H]2OC(=O)[C@H](C)CC=CC[C@@H](C)C(=O)O[C@@H]12. The minimum absolute atomic E-state index is 0.408. The zero-order chi connectivity index (χ0) is 24.7. The van der Waals surface area contributed by atoms with Crippen molar-refractivity contribution in [3.63, 3.8) is 0 Å². The lowest BCUT2D eigenvalue weighted by Gasteiger charge is -2.44. The molecule has 0 radical (unpaired) electrons. The van der Waals surface area contributed by atoms with E-state index >= 15 is 0 Å². The first kappa shape index (κ1) is 25.7. The summed E-state index contributed by atoms with van der Waals surface area (Å²) in [6, 6.07) is 8.60. The molecule has 10 nitrogen and oxygen atoms in total. The number of ether oxygens (including phenoxy) is 5. The molecule has 186 valence electrons. The Kier molecular flexibility index (Phi) is 9.03. The van der Waals surface area contributed by atoms with Gasteiger partial charge in [-0.3, -0.25) is 14.9 Å². The highest BCUT2D eigenvalue weighted by atomic mass is 16.7. The minimum atomic E-state index is -1.28. The molecule has 2 aliphatic heterocycles. The van der Waals surface area contributed by atoms with Crippen LogP contribution in [0.15, 0.2) is 42.5 Å². The predicted molar refractivity (Wildman–Crippen MR) is 120 cm³/mol. The van der Waals surface area contributed by atoms with Gasteiger partial charge >= 0.3 is 18.0 Å². The maximum Gasteiger partial charge on any atom is 0.412 e. The fourth-order valence-corrected chi connectivity index (χ4v) is 3.70. The molecule has 1 saturated heterocycles. The van der Waals surface area contributed by atoms with Gasteiger partial charge in [0, 0.05) is 12.8 Å². The van der Waals surface area contributed by atoms with E-state index in [1.165, 1.54) is 7.11 Å². The lowest BCUT2D eigenvalue weighted by molar-refractivity contribution is -0.300. The Balaban J connectivity index is 1.92. The summed E-state index contributed by atoms with van der Waals surface area (Å²) in [5.41, 5.74) is 0.479. The number of fused-ring (bicyclic) bond motifs is 1. The summed E-state index contributed by atoms with van der Waals surface area (Å²) >= 11 is 0. The summed E-state index contributed by atoms with van der Waals surface area (Å²) < 4.78 is 28.0. The van der Waals surface area contributed by atoms with Gasteiger partial charge < -0.3 is 28.8 Å². The summed E-state index contributed by atoms with van der Waals surface area (Å²) in [7, 11) is 1.33. The van der Waals surface area contributed by atoms with Gasteiger partial charge in [0.25, 0.3) is 0 Å². The van der Waals surface area contributed by atoms with Gasteiger partial charge in [0.2, 0.25) is 0 Å². The lowest BCUT2D eigenvalue weighted by atomic mass is 9.97. The maximum absolute atomic E-state index is 12.8. The van der Waals surface area contributed by atoms with Crippen molar-refractivity contribution >= 4 is 23.7 Å². The molecule has 0 saturated carbocycles. The second-order valence-electron chi connectivity index (χ2n) is 8.37. The summed E-state index contributed by atoms with van der Waals surface area (Å²) in [4.78, 5) is 38.2. The molecule has 1 amide bonds. The van der Waals surface area contributed by atoms with E-state index < -0.39 is 67.2 Å². The average molecular weight is 478 g/mol. The van der Waals surface area contributed by atoms with E-state index in [1.807, 2.05) is 12.2 Å². The van der Waals surface area contributed by atoms with Crippen LogP contribution in [0.5, 0.6) is 0 Å². The van der Waals surface area contributed by atoms with E-state index in [9.17, 15) is 19.5 Å². The highest BCUT2D eigenvalue weighted by Crippen LogP contribution is 2.31. The van der Waals surface area contributed by atoms with Crippen LogP contribution in [0.1, 0.15) is 26.7 Å². The van der Waals surface area contributed by atoms with E-state index in [0.717, 1.165) is 0 Å². The molecule has 1 fully saturated rings. The van der Waals surface area contributed by atoms with Gasteiger partial charge in [-0.1, -0.05) is 44.2 Å². The molecule has 10 heteroatoms. The van der Waals surface area contributed by atoms with Crippen LogP contribution < -0.4 is 5.32 Å². The van der Waals surface area contributed by atoms with Gasteiger partial charge in [0.15, 0.2) is 24.6 Å². The van der Waals surface area contributed by atoms with E-state index in [4.69, 9.17) is 23.7 Å². The second kappa shape index (κ2) is 12.0. The van der Waals surface area contributed by atoms with Crippen molar-refractivity contribution in [2.24, 2.45) is 11.8 Å². The van der Waals surface area contributed by atoms with Crippen molar-refractivity contribution in [2.75, 3.05) is 19.0 Å². The number of allylic oxidation sites excluding steroid dienone is 2. The molecule has 2 aliphatic rings. The smallest absolute Gasteiger partial charge is 0.412 e. The average Bonchev–Trinajstić information content (AvgIpc) is 2.83. The number of para-hydroxylation sites is 1. The number of nitrogens with one attached hydrogen (secondary N) is 1. The minimum Gasteiger partial charge on any atom is -0.454 e. The zero-order valence-electron chi connectivity index (χ0n) is 19.4. The summed E-state index contributed by atoms with van der Waals surface area (Å²) in [5, 5.41) is 12.5. The van der Waals surface area contributed by atoms with E-state index in [-0.39, 0.29) is 0 Å². The molecule has 0 aliphatic carbocycles. The Hall–Kier alpha value is -2.95. The van der Waals surface area contributed by atoms with Crippen LogP contribution >= 0.6 is 0 Å². The van der Waals surface area contributed by atoms with E-state index in [0.29, 0.717) is 18.5 Å². The third kappa shape index (κ3) is 6.34. The van der Waals surface area contributed by atoms with Gasteiger partial charge in [-0.15, -0.1) is 0 Å². The van der Waals surface area contributed by atoms with Crippen LogP contribution in [-0.2, 0) is 33.3 Å². The molecular formula is C24H31NO9. The Morgan fingerprint density at radius 1 is 1.03 bits per heavy atom. The normalized spacial score (nSPS) is 32.3. The fourth-order valence-electron chi connectivity index (χ4n) is 3.70. The molecule has 1 aromatic carbocycles. The standard InChI is InChI=1S/C24H31NO9/c1-14-9-7-8-10-15(2)22(28)33-20-19(32-21(14)27)18(17(13-26)31-23(20)30-3)34-24(29)25-16-11-5-4-6-12-16/h4-8,11-12,14-15,17-20,23,26H,9-10,13H2,1-3H3,(H,25,29)/t14-,15-,17-,18+,19+,20-,23+/m1/s1. The Morgan fingerprint density at radius 2 is 1.62 bits per heavy atom. The Bertz CT molecular complexity index is 874. The number of hydrogen-bond donors (Lipinski definition) is 2. The number of rotatable bonds is 4. The molecule has 0 aromatic heterocycles. The molecule has 7 atom stereocenters. The van der Waals surface area contributed by atoms with Crippen LogP contribution in [0.2, 0.25) is 0 Å². The number of hydrogen-bond acceptors (Lipinski definition) is 9. The van der Waals surface area contributed by atoms with Crippen LogP contribution in [0, 0.1) is 11.8 Å². The van der Waals surface area contributed by atoms with Crippen molar-refractivity contribution in [3.8, 4) is 0 Å². The monoisotopic (exact) mass is 477 g/mol. The molecular weight excluding hydrogens is 446 g/mol. The van der Waals surface area contributed by atoms with Crippen LogP contribution in [0.25, 0.3) is 0 Å². The van der Waals surface area contributed by atoms with Crippen molar-refractivity contribution in [1.82, 2.24) is 0 Å². The maximum atomic E-state index is 12.8. The highest BCUT2D eigenvalue weighted by molar-refractivity contribution is 5.84. The Morgan fingerprint density at radius 3 is 2.18 bits per heavy atom. The number of carbonyl (C=O) groups excluding carboxylic acids is 3. The zero-order valence-corrected chi connectivity index (χ0v) is 19.4. The third-order valence-electron chi connectivity index (χ3n) is 5.72. The number of esters is 2. The van der Waals surface area contributed by atoms with Crippen LogP contribution in [-0.4, -0.2) is 67.6 Å². The number of amides is 1. The predicted octanol–water partition coefficient (Wildman–Crippen LogP) is 2.41. The number of carbonyl (C=O) groups is 3. The van der Waals surface area contributed by atoms with Gasteiger partial charge in [-0.2, -0.15) is 0 Å². The van der Waals surface area contributed by atoms with Gasteiger partial charge in [0.1, 0.15) is 6.10 Å². The van der Waals surface area contributed by atoms with Crippen LogP contribution in [0.4, 0.5) is 10.5 Å². The first-order chi connectivity index (χ1) is 16.3. The quantitative estimate of drug-likeness (QED) is 0.381. The van der Waals surface area contributed by atoms with Gasteiger partial charge in [0.05, 0.1) is 18.4 Å². The molecule has 34 heavy (non-hydrogen) atoms. The van der Waals surface area contributed by atoms with E-state index in [1.54, 1.807) is 44.2 Å². The van der Waals surface area contributed by atoms with Crippen molar-refractivity contribution in [2.45, 2.75) is 57.4 Å². The molecule has 3 rings (SSSR count). The number of methoxy groups -OCH3 is 1. The molecule has 0 spiro atoms. The molecule has 0 unspecified atom stereocenters. The number of aliphatic hydroxyl groups is 1. The summed E-state index contributed by atoms with van der Waals surface area (Å²) in [6.07, 6.45) is -2.41. The summed E-state index contributed by atoms with van der Waals surface area (Å²) in [6.45, 7) is 2.86. The first-order valence-corrected chi connectivity index (χ1v) is 11.2. The Labute approximate surface area is 198 Å². The van der Waals surface area contributed by atoms with Crippen molar-refractivity contribution in [3.05, 3.63) is 42.5 Å². The number of anilines is 1. The van der Waals surface area contributed by atoms with Gasteiger partial charge in [-0.25, -0.2) is 4.79 Å². The molecule has 2 heterocycles. The van der Waals surface area contributed by atoms with Crippen LogP contribution in [0.3, 0.4) is 0 Å². The van der Waals surface area contributed by atoms with Crippen molar-refractivity contribution < 1.29 is 43.2 Å². The largest absolute Gasteiger partial charge is 0.454 e. The molecule has 2 N–H and O–H groups in total. The molecule has 0 bridgehead atoms. The van der Waals surface area contributed by atoms with E-state index in [2.05, 4.69) is 5.32 Å². The third-order valence-corrected chi connectivity index (χ3v) is 5.72. The van der Waals surface area contributed by atoms with Crippen molar-refractivity contribution in [1.29, 1.82) is 0 Å². The molecule has 1 aromatic rings. The fraction of sp³-hybridized carbons (Fsp3) is 0.542. The second-order valence-corrected chi connectivity index (χ2v) is 8.37. The van der Waals surface area contributed by atoms with Gasteiger partial charge in [-0.05, 0) is 25.0 Å².